The van der Waals surface area contributed by atoms with Crippen LogP contribution in [-0.4, -0.2) is 19.3 Å². The Morgan fingerprint density at radius 1 is 1.50 bits per heavy atom. The minimum absolute atomic E-state index is 0.557. The minimum Gasteiger partial charge on any atom is -0.378 e. The first-order valence-electron chi connectivity index (χ1n) is 4.18. The highest BCUT2D eigenvalue weighted by molar-refractivity contribution is 4.79. The second kappa shape index (κ2) is 3.94. The van der Waals surface area contributed by atoms with Crippen LogP contribution >= 0.6 is 0 Å². The van der Waals surface area contributed by atoms with Gasteiger partial charge in [0.2, 0.25) is 0 Å². The summed E-state index contributed by atoms with van der Waals surface area (Å²) >= 11 is 0. The molecule has 0 heterocycles. The van der Waals surface area contributed by atoms with Crippen molar-refractivity contribution in [2.24, 2.45) is 11.7 Å². The first-order chi connectivity index (χ1) is 4.86. The molecule has 10 heavy (non-hydrogen) atoms. The molecule has 1 aliphatic carbocycles. The number of hydrogen-bond donors (Lipinski definition) is 1. The molecule has 1 aliphatic rings. The molecule has 2 heteroatoms. The molecule has 0 aromatic heterocycles. The van der Waals surface area contributed by atoms with Gasteiger partial charge in [0.25, 0.3) is 0 Å². The lowest BCUT2D eigenvalue weighted by molar-refractivity contribution is -0.0257. The first kappa shape index (κ1) is 8.02. The van der Waals surface area contributed by atoms with Gasteiger partial charge in [-0.05, 0) is 38.6 Å². The molecule has 1 rings (SSSR count). The molecule has 1 fully saturated rings. The van der Waals surface area contributed by atoms with Gasteiger partial charge in [0, 0.05) is 6.61 Å². The smallest absolute Gasteiger partial charge is 0.0580 e. The van der Waals surface area contributed by atoms with Gasteiger partial charge in [0.1, 0.15) is 0 Å². The highest BCUT2D eigenvalue weighted by atomic mass is 16.5. The van der Waals surface area contributed by atoms with Crippen molar-refractivity contribution < 1.29 is 4.74 Å². The van der Waals surface area contributed by atoms with Crippen LogP contribution in [0.15, 0.2) is 0 Å². The quantitative estimate of drug-likeness (QED) is 0.640. The van der Waals surface area contributed by atoms with E-state index in [1.54, 1.807) is 0 Å². The summed E-state index contributed by atoms with van der Waals surface area (Å²) in [6.07, 6.45) is 4.22. The van der Waals surface area contributed by atoms with Crippen molar-refractivity contribution in [3.63, 3.8) is 0 Å². The van der Waals surface area contributed by atoms with Crippen LogP contribution in [0.4, 0.5) is 0 Å². The molecule has 60 valence electrons. The van der Waals surface area contributed by atoms with E-state index in [9.17, 15) is 0 Å². The van der Waals surface area contributed by atoms with Gasteiger partial charge in [-0.3, -0.25) is 0 Å². The summed E-state index contributed by atoms with van der Waals surface area (Å²) in [6.45, 7) is 3.75. The minimum atomic E-state index is 0.557. The molecular weight excluding hydrogens is 126 g/mol. The van der Waals surface area contributed by atoms with Gasteiger partial charge in [0.05, 0.1) is 6.10 Å². The van der Waals surface area contributed by atoms with E-state index in [1.165, 1.54) is 19.3 Å². The maximum atomic E-state index is 5.42. The topological polar surface area (TPSA) is 35.2 Å². The fourth-order valence-electron chi connectivity index (χ4n) is 1.52. The third-order valence-corrected chi connectivity index (χ3v) is 2.17. The van der Waals surface area contributed by atoms with Crippen molar-refractivity contribution in [1.82, 2.24) is 0 Å². The summed E-state index contributed by atoms with van der Waals surface area (Å²) in [5.74, 6) is 0.863. The first-order valence-corrected chi connectivity index (χ1v) is 4.18. The van der Waals surface area contributed by atoms with E-state index in [1.807, 2.05) is 0 Å². The second-order valence-electron chi connectivity index (χ2n) is 2.99. The van der Waals surface area contributed by atoms with Crippen molar-refractivity contribution in [3.8, 4) is 0 Å². The Hall–Kier alpha value is -0.0800. The van der Waals surface area contributed by atoms with Crippen molar-refractivity contribution in [1.29, 1.82) is 0 Å². The number of rotatable bonds is 4. The Morgan fingerprint density at radius 2 is 2.20 bits per heavy atom. The standard InChI is InChI=1S/C8H17NO/c1-2-10-8-5-7(6-8)3-4-9/h7-8H,2-6,9H2,1H3. The van der Waals surface area contributed by atoms with Crippen LogP contribution in [0.3, 0.4) is 0 Å². The van der Waals surface area contributed by atoms with Gasteiger partial charge in [-0.2, -0.15) is 0 Å². The van der Waals surface area contributed by atoms with E-state index < -0.39 is 0 Å². The highest BCUT2D eigenvalue weighted by Crippen LogP contribution is 2.31. The zero-order chi connectivity index (χ0) is 7.40. The Kier molecular flexibility index (Phi) is 3.16. The molecule has 0 radical (unpaired) electrons. The summed E-state index contributed by atoms with van der Waals surface area (Å²) < 4.78 is 5.41. The zero-order valence-electron chi connectivity index (χ0n) is 6.68. The van der Waals surface area contributed by atoms with E-state index in [2.05, 4.69) is 6.92 Å². The normalized spacial score (nSPS) is 31.8. The third kappa shape index (κ3) is 1.96. The third-order valence-electron chi connectivity index (χ3n) is 2.17. The van der Waals surface area contributed by atoms with Crippen molar-refractivity contribution >= 4 is 0 Å². The highest BCUT2D eigenvalue weighted by Gasteiger charge is 2.28. The predicted molar refractivity (Wildman–Crippen MR) is 41.8 cm³/mol. The molecule has 2 N–H and O–H groups in total. The molecule has 0 bridgehead atoms. The Bertz CT molecular complexity index is 79.3. The molecule has 0 amide bonds. The Labute approximate surface area is 62.7 Å². The van der Waals surface area contributed by atoms with Crippen molar-refractivity contribution in [3.05, 3.63) is 0 Å². The monoisotopic (exact) mass is 143 g/mol. The van der Waals surface area contributed by atoms with Crippen LogP contribution < -0.4 is 5.73 Å². The van der Waals surface area contributed by atoms with Crippen LogP contribution in [-0.2, 0) is 4.74 Å². The van der Waals surface area contributed by atoms with Gasteiger partial charge in [-0.15, -0.1) is 0 Å². The molecule has 2 nitrogen and oxygen atoms in total. The number of ether oxygens (including phenoxy) is 1. The summed E-state index contributed by atoms with van der Waals surface area (Å²) in [6, 6.07) is 0. The summed E-state index contributed by atoms with van der Waals surface area (Å²) in [5, 5.41) is 0. The summed E-state index contributed by atoms with van der Waals surface area (Å²) in [5.41, 5.74) is 5.42. The molecule has 0 saturated heterocycles. The van der Waals surface area contributed by atoms with Gasteiger partial charge in [0.15, 0.2) is 0 Å². The van der Waals surface area contributed by atoms with Crippen LogP contribution in [0.25, 0.3) is 0 Å². The maximum absolute atomic E-state index is 5.42. The average molecular weight is 143 g/mol. The van der Waals surface area contributed by atoms with Crippen LogP contribution in [0, 0.1) is 5.92 Å². The van der Waals surface area contributed by atoms with Gasteiger partial charge in [-0.25, -0.2) is 0 Å². The fourth-order valence-corrected chi connectivity index (χ4v) is 1.52. The van der Waals surface area contributed by atoms with Crippen molar-refractivity contribution in [2.75, 3.05) is 13.2 Å². The molecular formula is C8H17NO. The van der Waals surface area contributed by atoms with E-state index >= 15 is 0 Å². The Balaban J connectivity index is 1.95. The van der Waals surface area contributed by atoms with Crippen LogP contribution in [0.5, 0.6) is 0 Å². The maximum Gasteiger partial charge on any atom is 0.0580 e. The van der Waals surface area contributed by atoms with E-state index in [0.717, 1.165) is 19.1 Å². The van der Waals surface area contributed by atoms with E-state index in [0.29, 0.717) is 6.10 Å². The average Bonchev–Trinajstić information content (AvgIpc) is 1.84. The molecule has 0 unspecified atom stereocenters. The van der Waals surface area contributed by atoms with E-state index in [-0.39, 0.29) is 0 Å². The molecule has 0 atom stereocenters. The fraction of sp³-hybridized carbons (Fsp3) is 1.00. The van der Waals surface area contributed by atoms with Gasteiger partial charge in [-0.1, -0.05) is 0 Å². The number of nitrogens with two attached hydrogens (primary N) is 1. The number of hydrogen-bond acceptors (Lipinski definition) is 2. The molecule has 0 aromatic rings. The van der Waals surface area contributed by atoms with Crippen LogP contribution in [0.1, 0.15) is 26.2 Å². The lowest BCUT2D eigenvalue weighted by Crippen LogP contribution is -2.32. The van der Waals surface area contributed by atoms with Crippen molar-refractivity contribution in [2.45, 2.75) is 32.3 Å². The lowest BCUT2D eigenvalue weighted by atomic mass is 9.80. The summed E-state index contributed by atoms with van der Waals surface area (Å²) in [4.78, 5) is 0. The molecule has 0 aromatic carbocycles. The largest absolute Gasteiger partial charge is 0.378 e. The lowest BCUT2D eigenvalue weighted by Gasteiger charge is -2.34. The SMILES string of the molecule is CCOC1CC(CCN)C1. The van der Waals surface area contributed by atoms with Gasteiger partial charge < -0.3 is 10.5 Å². The zero-order valence-corrected chi connectivity index (χ0v) is 6.68. The second-order valence-corrected chi connectivity index (χ2v) is 2.99. The van der Waals surface area contributed by atoms with Gasteiger partial charge >= 0.3 is 0 Å². The predicted octanol–water partition coefficient (Wildman–Crippen LogP) is 1.15. The summed E-state index contributed by atoms with van der Waals surface area (Å²) in [7, 11) is 0. The molecule has 0 spiro atoms. The Morgan fingerprint density at radius 3 is 2.70 bits per heavy atom. The molecule has 1 saturated carbocycles. The van der Waals surface area contributed by atoms with Crippen LogP contribution in [0.2, 0.25) is 0 Å². The molecule has 0 aliphatic heterocycles. The van der Waals surface area contributed by atoms with E-state index in [4.69, 9.17) is 10.5 Å².